The van der Waals surface area contributed by atoms with Crippen molar-refractivity contribution in [1.82, 2.24) is 0 Å². The first-order chi connectivity index (χ1) is 5.65. The molecule has 0 spiro atoms. The zero-order valence-corrected chi connectivity index (χ0v) is 8.87. The highest BCUT2D eigenvalue weighted by Crippen LogP contribution is 2.26. The van der Waals surface area contributed by atoms with Crippen LogP contribution in [0.3, 0.4) is 0 Å². The highest BCUT2D eigenvalue weighted by molar-refractivity contribution is 9.11. The van der Waals surface area contributed by atoms with Crippen LogP contribution in [0.15, 0.2) is 21.5 Å². The van der Waals surface area contributed by atoms with Crippen LogP contribution in [0.1, 0.15) is 11.8 Å². The molecule has 2 nitrogen and oxygen atoms in total. The van der Waals surface area contributed by atoms with Crippen LogP contribution >= 0.6 is 27.3 Å². The number of thiophene rings is 1. The minimum atomic E-state index is 0.560. The Balaban J connectivity index is 3.09. The Morgan fingerprint density at radius 2 is 2.33 bits per heavy atom. The van der Waals surface area contributed by atoms with Gasteiger partial charge in [-0.2, -0.15) is 5.26 Å². The Morgan fingerprint density at radius 1 is 1.67 bits per heavy atom. The van der Waals surface area contributed by atoms with Crippen molar-refractivity contribution in [3.63, 3.8) is 0 Å². The molecule has 1 aromatic rings. The van der Waals surface area contributed by atoms with Gasteiger partial charge in [0.15, 0.2) is 0 Å². The monoisotopic (exact) mass is 242 g/mol. The minimum Gasteiger partial charge on any atom is -0.397 e. The molecule has 0 saturated carbocycles. The number of allylic oxidation sites excluding steroid dienone is 1. The molecule has 0 unspecified atom stereocenters. The molecule has 0 aromatic carbocycles. The van der Waals surface area contributed by atoms with Gasteiger partial charge in [-0.25, -0.2) is 0 Å². The quantitative estimate of drug-likeness (QED) is 0.771. The predicted molar refractivity (Wildman–Crippen MR) is 54.4 cm³/mol. The van der Waals surface area contributed by atoms with Crippen LogP contribution in [0.5, 0.6) is 0 Å². The highest BCUT2D eigenvalue weighted by Gasteiger charge is 2.03. The third-order valence-corrected chi connectivity index (χ3v) is 3.07. The van der Waals surface area contributed by atoms with Crippen molar-refractivity contribution in [3.05, 3.63) is 26.4 Å². The molecule has 0 aliphatic heterocycles. The molecule has 0 radical (unpaired) electrons. The Morgan fingerprint density at radius 3 is 2.75 bits per heavy atom. The summed E-state index contributed by atoms with van der Waals surface area (Å²) in [7, 11) is 0. The second-order valence-corrected chi connectivity index (χ2v) is 4.72. The SMILES string of the molecule is C/C(C#N)=C(/N)c1ccc(Br)s1. The lowest BCUT2D eigenvalue weighted by Crippen LogP contribution is -1.96. The normalized spacial score (nSPS) is 12.1. The first-order valence-corrected chi connectivity index (χ1v) is 4.88. The lowest BCUT2D eigenvalue weighted by Gasteiger charge is -1.96. The van der Waals surface area contributed by atoms with Crippen molar-refractivity contribution in [1.29, 1.82) is 5.26 Å². The van der Waals surface area contributed by atoms with Gasteiger partial charge in [0, 0.05) is 0 Å². The Labute approximate surface area is 83.4 Å². The fourth-order valence-electron chi connectivity index (χ4n) is 0.704. The van der Waals surface area contributed by atoms with E-state index in [1.165, 1.54) is 11.3 Å². The van der Waals surface area contributed by atoms with E-state index >= 15 is 0 Å². The van der Waals surface area contributed by atoms with Crippen LogP contribution in [0.2, 0.25) is 0 Å². The van der Waals surface area contributed by atoms with Crippen molar-refractivity contribution in [2.45, 2.75) is 6.92 Å². The van der Waals surface area contributed by atoms with E-state index in [9.17, 15) is 0 Å². The Hall–Kier alpha value is -0.790. The lowest BCUT2D eigenvalue weighted by molar-refractivity contribution is 1.41. The third-order valence-electron chi connectivity index (χ3n) is 1.41. The first-order valence-electron chi connectivity index (χ1n) is 3.27. The van der Waals surface area contributed by atoms with E-state index in [-0.39, 0.29) is 0 Å². The van der Waals surface area contributed by atoms with Crippen molar-refractivity contribution < 1.29 is 0 Å². The maximum atomic E-state index is 8.58. The van der Waals surface area contributed by atoms with Gasteiger partial charge < -0.3 is 5.73 Å². The summed E-state index contributed by atoms with van der Waals surface area (Å²) in [6, 6.07) is 5.83. The Kier molecular flexibility index (Phi) is 2.90. The number of hydrogen-bond donors (Lipinski definition) is 1. The molecule has 0 atom stereocenters. The van der Waals surface area contributed by atoms with E-state index in [2.05, 4.69) is 15.9 Å². The smallest absolute Gasteiger partial charge is 0.0966 e. The number of nitrogens with two attached hydrogens (primary N) is 1. The van der Waals surface area contributed by atoms with E-state index in [0.29, 0.717) is 11.3 Å². The maximum Gasteiger partial charge on any atom is 0.0966 e. The van der Waals surface area contributed by atoms with E-state index in [4.69, 9.17) is 11.0 Å². The molecule has 0 bridgehead atoms. The van der Waals surface area contributed by atoms with Crippen molar-refractivity contribution in [3.8, 4) is 6.07 Å². The second kappa shape index (κ2) is 3.74. The summed E-state index contributed by atoms with van der Waals surface area (Å²) >= 11 is 4.85. The largest absolute Gasteiger partial charge is 0.397 e. The number of halogens is 1. The average molecular weight is 243 g/mol. The summed E-state index contributed by atoms with van der Waals surface area (Å²) in [4.78, 5) is 0.931. The van der Waals surface area contributed by atoms with E-state index < -0.39 is 0 Å². The third kappa shape index (κ3) is 1.87. The van der Waals surface area contributed by atoms with Crippen LogP contribution in [-0.4, -0.2) is 0 Å². The number of hydrogen-bond acceptors (Lipinski definition) is 3. The topological polar surface area (TPSA) is 49.8 Å². The molecule has 1 aromatic heterocycles. The molecular formula is C8H7BrN2S. The average Bonchev–Trinajstić information content (AvgIpc) is 2.49. The highest BCUT2D eigenvalue weighted by atomic mass is 79.9. The molecule has 62 valence electrons. The molecule has 0 amide bonds. The molecule has 0 fully saturated rings. The molecular weight excluding hydrogens is 236 g/mol. The fraction of sp³-hybridized carbons (Fsp3) is 0.125. The molecule has 12 heavy (non-hydrogen) atoms. The Bertz CT molecular complexity index is 359. The standard InChI is InChI=1S/C8H7BrN2S/c1-5(4-10)8(11)6-2-3-7(9)12-6/h2-3H,11H2,1H3/b8-5-. The van der Waals surface area contributed by atoms with Crippen LogP contribution in [0.25, 0.3) is 5.70 Å². The van der Waals surface area contributed by atoms with Gasteiger partial charge in [-0.15, -0.1) is 11.3 Å². The summed E-state index contributed by atoms with van der Waals surface area (Å²) in [5.41, 5.74) is 6.83. The van der Waals surface area contributed by atoms with Gasteiger partial charge in [-0.3, -0.25) is 0 Å². The number of nitrogens with zero attached hydrogens (tertiary/aromatic N) is 1. The minimum absolute atomic E-state index is 0.560. The van der Waals surface area contributed by atoms with Gasteiger partial charge in [-0.1, -0.05) is 0 Å². The molecule has 0 aliphatic rings. The van der Waals surface area contributed by atoms with Crippen LogP contribution in [0.4, 0.5) is 0 Å². The van der Waals surface area contributed by atoms with Gasteiger partial charge in [0.1, 0.15) is 0 Å². The molecule has 2 N–H and O–H groups in total. The number of rotatable bonds is 1. The first kappa shape index (κ1) is 9.30. The van der Waals surface area contributed by atoms with E-state index in [1.54, 1.807) is 6.92 Å². The van der Waals surface area contributed by atoms with Crippen molar-refractivity contribution >= 4 is 33.0 Å². The molecule has 4 heteroatoms. The van der Waals surface area contributed by atoms with E-state index in [0.717, 1.165) is 8.66 Å². The lowest BCUT2D eigenvalue weighted by atomic mass is 10.2. The molecule has 0 saturated heterocycles. The molecule has 1 heterocycles. The van der Waals surface area contributed by atoms with Gasteiger partial charge in [0.2, 0.25) is 0 Å². The summed E-state index contributed by atoms with van der Waals surface area (Å²) in [5.74, 6) is 0. The van der Waals surface area contributed by atoms with Crippen molar-refractivity contribution in [2.75, 3.05) is 0 Å². The maximum absolute atomic E-state index is 8.58. The second-order valence-electron chi connectivity index (χ2n) is 2.25. The summed E-state index contributed by atoms with van der Waals surface area (Å²) in [6.07, 6.45) is 0. The van der Waals surface area contributed by atoms with Crippen LogP contribution in [-0.2, 0) is 0 Å². The molecule has 1 rings (SSSR count). The van der Waals surface area contributed by atoms with Gasteiger partial charge in [-0.05, 0) is 35.0 Å². The summed E-state index contributed by atoms with van der Waals surface area (Å²) in [6.45, 7) is 1.71. The van der Waals surface area contributed by atoms with Crippen LogP contribution in [0, 0.1) is 11.3 Å². The van der Waals surface area contributed by atoms with Gasteiger partial charge in [0.25, 0.3) is 0 Å². The van der Waals surface area contributed by atoms with Gasteiger partial charge in [0.05, 0.1) is 26.0 Å². The number of nitriles is 1. The summed E-state index contributed by atoms with van der Waals surface area (Å²) < 4.78 is 1.02. The van der Waals surface area contributed by atoms with Crippen LogP contribution < -0.4 is 5.73 Å². The fourth-order valence-corrected chi connectivity index (χ4v) is 2.10. The zero-order valence-electron chi connectivity index (χ0n) is 6.47. The van der Waals surface area contributed by atoms with Crippen molar-refractivity contribution in [2.24, 2.45) is 5.73 Å². The van der Waals surface area contributed by atoms with E-state index in [1.807, 2.05) is 18.2 Å². The summed E-state index contributed by atoms with van der Waals surface area (Å²) in [5, 5.41) is 8.58. The molecule has 0 aliphatic carbocycles. The van der Waals surface area contributed by atoms with Gasteiger partial charge >= 0.3 is 0 Å². The zero-order chi connectivity index (χ0) is 9.14. The predicted octanol–water partition coefficient (Wildman–Crippen LogP) is 2.72.